The summed E-state index contributed by atoms with van der Waals surface area (Å²) in [6, 6.07) is 7.34. The average Bonchev–Trinajstić information content (AvgIpc) is 3.13. The molecule has 0 unspecified atom stereocenters. The van der Waals surface area contributed by atoms with Crippen molar-refractivity contribution in [2.45, 2.75) is 37.8 Å². The van der Waals surface area contributed by atoms with Crippen molar-refractivity contribution in [1.82, 2.24) is 10.3 Å². The number of halogens is 1. The molecular weight excluding hydrogens is 309 g/mol. The topological polar surface area (TPSA) is 27.6 Å². The molecule has 3 nitrogen and oxygen atoms in total. The Kier molecular flexibility index (Phi) is 2.81. The van der Waals surface area contributed by atoms with E-state index in [4.69, 9.17) is 0 Å². The molecule has 3 fully saturated rings. The number of hydrogen-bond acceptors (Lipinski definition) is 4. The smallest absolute Gasteiger partial charge is 0.167 e. The van der Waals surface area contributed by atoms with E-state index < -0.39 is 0 Å². The van der Waals surface area contributed by atoms with Crippen LogP contribution in [-0.4, -0.2) is 23.4 Å². The Bertz CT molecular complexity index is 806. The summed E-state index contributed by atoms with van der Waals surface area (Å²) in [4.78, 5) is 3.39. The van der Waals surface area contributed by atoms with E-state index in [0.29, 0.717) is 5.92 Å². The van der Waals surface area contributed by atoms with Crippen LogP contribution in [0.1, 0.15) is 37.0 Å². The van der Waals surface area contributed by atoms with Crippen LogP contribution in [0, 0.1) is 17.7 Å². The van der Waals surface area contributed by atoms with Crippen molar-refractivity contribution in [3.63, 3.8) is 0 Å². The van der Waals surface area contributed by atoms with E-state index in [1.54, 1.807) is 6.07 Å². The van der Waals surface area contributed by atoms with Gasteiger partial charge in [0, 0.05) is 13.0 Å². The van der Waals surface area contributed by atoms with Crippen molar-refractivity contribution in [2.75, 3.05) is 7.05 Å². The molecule has 23 heavy (non-hydrogen) atoms. The van der Waals surface area contributed by atoms with E-state index in [0.717, 1.165) is 26.7 Å². The SMILES string of the molecule is CN1C(c2cc3cccc(F)c3s2)=NN[C@@]12CC1CCC2CC1. The van der Waals surface area contributed by atoms with Crippen LogP contribution >= 0.6 is 11.3 Å². The molecule has 6 rings (SSSR count). The molecule has 4 aliphatic rings. The predicted molar refractivity (Wildman–Crippen MR) is 92.0 cm³/mol. The first kappa shape index (κ1) is 13.8. The fraction of sp³-hybridized carbons (Fsp3) is 0.500. The number of nitrogens with zero attached hydrogens (tertiary/aromatic N) is 2. The lowest BCUT2D eigenvalue weighted by molar-refractivity contribution is -0.0196. The van der Waals surface area contributed by atoms with Crippen LogP contribution in [-0.2, 0) is 0 Å². The highest BCUT2D eigenvalue weighted by molar-refractivity contribution is 7.20. The van der Waals surface area contributed by atoms with E-state index >= 15 is 0 Å². The van der Waals surface area contributed by atoms with Crippen LogP contribution in [0.5, 0.6) is 0 Å². The van der Waals surface area contributed by atoms with Gasteiger partial charge in [0.15, 0.2) is 5.84 Å². The summed E-state index contributed by atoms with van der Waals surface area (Å²) in [5.74, 6) is 2.33. The summed E-state index contributed by atoms with van der Waals surface area (Å²) in [5, 5.41) is 5.65. The Morgan fingerprint density at radius 3 is 2.83 bits per heavy atom. The first-order valence-electron chi connectivity index (χ1n) is 8.44. The number of nitrogens with one attached hydrogen (secondary N) is 1. The zero-order valence-electron chi connectivity index (χ0n) is 13.2. The zero-order valence-corrected chi connectivity index (χ0v) is 14.0. The van der Waals surface area contributed by atoms with Gasteiger partial charge in [-0.15, -0.1) is 11.3 Å². The molecule has 120 valence electrons. The lowest BCUT2D eigenvalue weighted by Gasteiger charge is -2.52. The number of amidine groups is 1. The third-order valence-electron chi connectivity index (χ3n) is 6.11. The molecule has 1 spiro atoms. The van der Waals surface area contributed by atoms with E-state index in [-0.39, 0.29) is 11.5 Å². The molecule has 1 aromatic heterocycles. The van der Waals surface area contributed by atoms with Gasteiger partial charge in [0.05, 0.1) is 9.58 Å². The molecule has 2 heterocycles. The second-order valence-electron chi connectivity index (χ2n) is 7.22. The highest BCUT2D eigenvalue weighted by atomic mass is 32.1. The van der Waals surface area contributed by atoms with E-state index in [1.807, 2.05) is 6.07 Å². The molecule has 1 aromatic carbocycles. The molecule has 2 aromatic rings. The number of fused-ring (bicyclic) bond motifs is 3. The van der Waals surface area contributed by atoms with Crippen molar-refractivity contribution >= 4 is 27.3 Å². The predicted octanol–water partition coefficient (Wildman–Crippen LogP) is 4.14. The summed E-state index contributed by atoms with van der Waals surface area (Å²) in [6.45, 7) is 0. The fourth-order valence-corrected chi connectivity index (χ4v) is 5.94. The third kappa shape index (κ3) is 1.83. The molecule has 2 bridgehead atoms. The maximum atomic E-state index is 14.0. The number of hydrogen-bond donors (Lipinski definition) is 1. The van der Waals surface area contributed by atoms with Crippen molar-refractivity contribution in [3.8, 4) is 0 Å². The first-order chi connectivity index (χ1) is 11.2. The number of hydrazone groups is 1. The van der Waals surface area contributed by atoms with Gasteiger partial charge in [-0.2, -0.15) is 5.10 Å². The van der Waals surface area contributed by atoms with Crippen LogP contribution in [0.15, 0.2) is 29.4 Å². The molecule has 0 radical (unpaired) electrons. The summed E-state index contributed by atoms with van der Waals surface area (Å²) < 4.78 is 14.7. The quantitative estimate of drug-likeness (QED) is 0.851. The molecule has 1 N–H and O–H groups in total. The van der Waals surface area contributed by atoms with Gasteiger partial charge in [-0.25, -0.2) is 4.39 Å². The summed E-state index contributed by atoms with van der Waals surface area (Å²) in [5.41, 5.74) is 3.48. The molecule has 5 heteroatoms. The largest absolute Gasteiger partial charge is 0.333 e. The van der Waals surface area contributed by atoms with Crippen molar-refractivity contribution in [1.29, 1.82) is 0 Å². The van der Waals surface area contributed by atoms with Gasteiger partial charge < -0.3 is 4.90 Å². The normalized spacial score (nSPS) is 32.6. The van der Waals surface area contributed by atoms with Crippen molar-refractivity contribution < 1.29 is 4.39 Å². The maximum absolute atomic E-state index is 14.0. The van der Waals surface area contributed by atoms with Crippen molar-refractivity contribution in [2.24, 2.45) is 16.9 Å². The fourth-order valence-electron chi connectivity index (χ4n) is 4.85. The Balaban J connectivity index is 1.53. The Labute approximate surface area is 139 Å². The van der Waals surface area contributed by atoms with Gasteiger partial charge >= 0.3 is 0 Å². The lowest BCUT2D eigenvalue weighted by Crippen LogP contribution is -2.62. The number of thiophene rings is 1. The number of benzene rings is 1. The Morgan fingerprint density at radius 1 is 1.30 bits per heavy atom. The number of rotatable bonds is 1. The lowest BCUT2D eigenvalue weighted by atomic mass is 9.64. The van der Waals surface area contributed by atoms with Gasteiger partial charge in [-0.05, 0) is 55.5 Å². The van der Waals surface area contributed by atoms with Gasteiger partial charge in [0.25, 0.3) is 0 Å². The van der Waals surface area contributed by atoms with Crippen molar-refractivity contribution in [3.05, 3.63) is 35.0 Å². The molecule has 1 atom stereocenters. The molecular formula is C18H20FN3S. The summed E-state index contributed by atoms with van der Waals surface area (Å²) in [7, 11) is 2.15. The van der Waals surface area contributed by atoms with E-state index in [1.165, 1.54) is 49.5 Å². The van der Waals surface area contributed by atoms with E-state index in [9.17, 15) is 4.39 Å². The van der Waals surface area contributed by atoms with Gasteiger partial charge in [-0.3, -0.25) is 5.43 Å². The van der Waals surface area contributed by atoms with Crippen LogP contribution in [0.3, 0.4) is 0 Å². The highest BCUT2D eigenvalue weighted by Gasteiger charge is 2.53. The second-order valence-corrected chi connectivity index (χ2v) is 8.27. The second kappa shape index (κ2) is 4.69. The van der Waals surface area contributed by atoms with Gasteiger partial charge in [0.2, 0.25) is 0 Å². The monoisotopic (exact) mass is 329 g/mol. The zero-order chi connectivity index (χ0) is 15.6. The third-order valence-corrected chi connectivity index (χ3v) is 7.27. The van der Waals surface area contributed by atoms with Gasteiger partial charge in [-0.1, -0.05) is 12.1 Å². The highest BCUT2D eigenvalue weighted by Crippen LogP contribution is 2.50. The van der Waals surface area contributed by atoms with Crippen LogP contribution < -0.4 is 5.43 Å². The minimum Gasteiger partial charge on any atom is -0.333 e. The molecule has 3 aliphatic carbocycles. The van der Waals surface area contributed by atoms with E-state index in [2.05, 4.69) is 28.5 Å². The molecule has 1 aliphatic heterocycles. The van der Waals surface area contributed by atoms with Crippen LogP contribution in [0.25, 0.3) is 10.1 Å². The minimum atomic E-state index is -0.139. The van der Waals surface area contributed by atoms with Crippen LogP contribution in [0.2, 0.25) is 0 Å². The minimum absolute atomic E-state index is 0.00871. The van der Waals surface area contributed by atoms with Gasteiger partial charge in [0.1, 0.15) is 11.5 Å². The maximum Gasteiger partial charge on any atom is 0.167 e. The van der Waals surface area contributed by atoms with Crippen LogP contribution in [0.4, 0.5) is 4.39 Å². The molecule has 0 amide bonds. The summed E-state index contributed by atoms with van der Waals surface area (Å²) >= 11 is 1.50. The summed E-state index contributed by atoms with van der Waals surface area (Å²) in [6.07, 6.45) is 6.51. The Morgan fingerprint density at radius 2 is 2.13 bits per heavy atom. The molecule has 0 saturated heterocycles. The Hall–Kier alpha value is -1.62. The standard InChI is InChI=1S/C18H20FN3S/c1-22-17(15-9-12-3-2-4-14(19)16(12)23-15)20-21-18(22)10-11-5-7-13(18)8-6-11/h2-4,9,11,13,21H,5-8,10H2,1H3/t11?,13?,18-/m0/s1. The average molecular weight is 329 g/mol. The first-order valence-corrected chi connectivity index (χ1v) is 9.26. The molecule has 3 saturated carbocycles.